The number of hydrogen-bond donors (Lipinski definition) is 2. The van der Waals surface area contributed by atoms with Crippen molar-refractivity contribution in [2.24, 2.45) is 0 Å². The number of nitrogen functional groups attached to an aromatic ring is 1. The Morgan fingerprint density at radius 2 is 2.05 bits per heavy atom. The summed E-state index contributed by atoms with van der Waals surface area (Å²) in [6.45, 7) is 4.18. The van der Waals surface area contributed by atoms with Crippen LogP contribution in [0.2, 0.25) is 0 Å². The number of nitrogens with one attached hydrogen (secondary N) is 1. The van der Waals surface area contributed by atoms with Gasteiger partial charge in [0.05, 0.1) is 16.1 Å². The highest BCUT2D eigenvalue weighted by atomic mass is 32.1. The fourth-order valence-electron chi connectivity index (χ4n) is 2.23. The summed E-state index contributed by atoms with van der Waals surface area (Å²) < 4.78 is 0. The molecule has 0 unspecified atom stereocenters. The summed E-state index contributed by atoms with van der Waals surface area (Å²) in [6.07, 6.45) is 0. The maximum atomic E-state index is 6.06. The molecule has 4 heteroatoms. The number of nitrogens with zero attached hydrogens (tertiary/aromatic N) is 1. The van der Waals surface area contributed by atoms with E-state index in [9.17, 15) is 0 Å². The third kappa shape index (κ3) is 2.04. The van der Waals surface area contributed by atoms with Crippen LogP contribution in [0, 0.1) is 13.8 Å². The molecule has 2 aromatic heterocycles. The van der Waals surface area contributed by atoms with Gasteiger partial charge in [-0.2, -0.15) is 5.10 Å². The first-order chi connectivity index (χ1) is 9.16. The van der Waals surface area contributed by atoms with Gasteiger partial charge in [-0.25, -0.2) is 0 Å². The van der Waals surface area contributed by atoms with E-state index in [2.05, 4.69) is 53.7 Å². The first-order valence-corrected chi connectivity index (χ1v) is 7.00. The normalized spacial score (nSPS) is 10.8. The van der Waals surface area contributed by atoms with E-state index in [1.165, 1.54) is 11.1 Å². The SMILES string of the molecule is Cc1ccc(C)c(-c2c(N)n[nH]c2-c2cccs2)c1. The van der Waals surface area contributed by atoms with Crippen molar-refractivity contribution in [2.75, 3.05) is 5.73 Å². The molecule has 0 bridgehead atoms. The smallest absolute Gasteiger partial charge is 0.153 e. The Morgan fingerprint density at radius 1 is 1.21 bits per heavy atom. The van der Waals surface area contributed by atoms with E-state index >= 15 is 0 Å². The Hall–Kier alpha value is -2.07. The summed E-state index contributed by atoms with van der Waals surface area (Å²) in [5.41, 5.74) is 11.6. The van der Waals surface area contributed by atoms with Crippen molar-refractivity contribution in [1.82, 2.24) is 10.2 Å². The number of anilines is 1. The minimum Gasteiger partial charge on any atom is -0.382 e. The average Bonchev–Trinajstić information content (AvgIpc) is 3.01. The lowest BCUT2D eigenvalue weighted by Gasteiger charge is -2.08. The van der Waals surface area contributed by atoms with E-state index in [1.807, 2.05) is 6.07 Å². The molecule has 0 amide bonds. The molecule has 1 aromatic carbocycles. The third-order valence-corrected chi connectivity index (χ3v) is 4.11. The molecule has 0 spiro atoms. The van der Waals surface area contributed by atoms with Crippen LogP contribution >= 0.6 is 11.3 Å². The molecule has 0 radical (unpaired) electrons. The van der Waals surface area contributed by atoms with Gasteiger partial charge in [0.25, 0.3) is 0 Å². The van der Waals surface area contributed by atoms with Crippen LogP contribution in [0.4, 0.5) is 5.82 Å². The molecule has 3 aromatic rings. The van der Waals surface area contributed by atoms with E-state index in [0.29, 0.717) is 5.82 Å². The number of nitrogens with two attached hydrogens (primary N) is 1. The summed E-state index contributed by atoms with van der Waals surface area (Å²) in [7, 11) is 0. The minimum atomic E-state index is 0.553. The first-order valence-electron chi connectivity index (χ1n) is 6.12. The molecule has 0 saturated carbocycles. The Morgan fingerprint density at radius 3 is 2.79 bits per heavy atom. The molecule has 2 heterocycles. The van der Waals surface area contributed by atoms with Crippen LogP contribution in [-0.4, -0.2) is 10.2 Å². The number of rotatable bonds is 2. The molecule has 0 atom stereocenters. The van der Waals surface area contributed by atoms with Gasteiger partial charge in [0.15, 0.2) is 5.82 Å². The monoisotopic (exact) mass is 269 g/mol. The van der Waals surface area contributed by atoms with E-state index in [-0.39, 0.29) is 0 Å². The molecule has 3 nitrogen and oxygen atoms in total. The Balaban J connectivity index is 2.25. The second-order valence-corrected chi connectivity index (χ2v) is 5.60. The van der Waals surface area contributed by atoms with E-state index < -0.39 is 0 Å². The predicted molar refractivity (Wildman–Crippen MR) is 81.2 cm³/mol. The molecule has 0 saturated heterocycles. The van der Waals surface area contributed by atoms with Crippen LogP contribution < -0.4 is 5.73 Å². The minimum absolute atomic E-state index is 0.553. The van der Waals surface area contributed by atoms with Gasteiger partial charge < -0.3 is 5.73 Å². The maximum Gasteiger partial charge on any atom is 0.153 e. The van der Waals surface area contributed by atoms with Crippen molar-refractivity contribution in [3.8, 4) is 21.7 Å². The molecule has 3 rings (SSSR count). The molecular weight excluding hydrogens is 254 g/mol. The number of thiophene rings is 1. The topological polar surface area (TPSA) is 54.7 Å². The molecule has 0 aliphatic rings. The van der Waals surface area contributed by atoms with Gasteiger partial charge in [-0.3, -0.25) is 5.10 Å². The van der Waals surface area contributed by atoms with Gasteiger partial charge in [-0.05, 0) is 36.4 Å². The zero-order valence-corrected chi connectivity index (χ0v) is 11.7. The van der Waals surface area contributed by atoms with Crippen LogP contribution in [0.15, 0.2) is 35.7 Å². The van der Waals surface area contributed by atoms with Crippen LogP contribution in [0.3, 0.4) is 0 Å². The molecule has 19 heavy (non-hydrogen) atoms. The van der Waals surface area contributed by atoms with E-state index in [1.54, 1.807) is 11.3 Å². The Labute approximate surface area is 116 Å². The van der Waals surface area contributed by atoms with Gasteiger partial charge in [0.1, 0.15) is 0 Å². The fourth-order valence-corrected chi connectivity index (χ4v) is 2.96. The standard InChI is InChI=1S/C15H15N3S/c1-9-5-6-10(2)11(8-9)13-14(17-18-15(13)16)12-4-3-7-19-12/h3-8H,1-2H3,(H3,16,17,18). The van der Waals surface area contributed by atoms with Crippen molar-refractivity contribution in [2.45, 2.75) is 13.8 Å². The number of hydrogen-bond acceptors (Lipinski definition) is 3. The van der Waals surface area contributed by atoms with Crippen molar-refractivity contribution in [3.63, 3.8) is 0 Å². The molecular formula is C15H15N3S. The first kappa shape index (κ1) is 12.0. The molecule has 0 aliphatic carbocycles. The molecule has 96 valence electrons. The van der Waals surface area contributed by atoms with Crippen molar-refractivity contribution in [3.05, 3.63) is 46.8 Å². The van der Waals surface area contributed by atoms with Crippen molar-refractivity contribution >= 4 is 17.2 Å². The lowest BCUT2D eigenvalue weighted by atomic mass is 9.97. The van der Waals surface area contributed by atoms with Crippen LogP contribution in [0.25, 0.3) is 21.7 Å². The summed E-state index contributed by atoms with van der Waals surface area (Å²) in [6, 6.07) is 10.5. The lowest BCUT2D eigenvalue weighted by molar-refractivity contribution is 1.11. The summed E-state index contributed by atoms with van der Waals surface area (Å²) >= 11 is 1.68. The zero-order chi connectivity index (χ0) is 13.4. The number of benzene rings is 1. The lowest BCUT2D eigenvalue weighted by Crippen LogP contribution is -1.91. The van der Waals surface area contributed by atoms with Crippen molar-refractivity contribution < 1.29 is 0 Å². The summed E-state index contributed by atoms with van der Waals surface area (Å²) in [5.74, 6) is 0.553. The zero-order valence-electron chi connectivity index (χ0n) is 10.9. The second kappa shape index (κ2) is 4.55. The largest absolute Gasteiger partial charge is 0.382 e. The van der Waals surface area contributed by atoms with Gasteiger partial charge in [-0.15, -0.1) is 11.3 Å². The van der Waals surface area contributed by atoms with Crippen LogP contribution in [0.1, 0.15) is 11.1 Å². The van der Waals surface area contributed by atoms with E-state index in [0.717, 1.165) is 21.7 Å². The molecule has 0 aliphatic heterocycles. The van der Waals surface area contributed by atoms with Gasteiger partial charge >= 0.3 is 0 Å². The van der Waals surface area contributed by atoms with Crippen LogP contribution in [-0.2, 0) is 0 Å². The summed E-state index contributed by atoms with van der Waals surface area (Å²) in [5, 5.41) is 9.29. The second-order valence-electron chi connectivity index (χ2n) is 4.65. The number of aromatic amines is 1. The third-order valence-electron chi connectivity index (χ3n) is 3.22. The van der Waals surface area contributed by atoms with E-state index in [4.69, 9.17) is 5.73 Å². The molecule has 3 N–H and O–H groups in total. The van der Waals surface area contributed by atoms with Gasteiger partial charge in [0, 0.05) is 0 Å². The predicted octanol–water partition coefficient (Wildman–Crippen LogP) is 4.00. The number of aromatic nitrogens is 2. The quantitative estimate of drug-likeness (QED) is 0.738. The maximum absolute atomic E-state index is 6.06. The number of H-pyrrole nitrogens is 1. The fraction of sp³-hybridized carbons (Fsp3) is 0.133. The van der Waals surface area contributed by atoms with Gasteiger partial charge in [-0.1, -0.05) is 29.8 Å². The van der Waals surface area contributed by atoms with Crippen molar-refractivity contribution in [1.29, 1.82) is 0 Å². The highest BCUT2D eigenvalue weighted by molar-refractivity contribution is 7.13. The summed E-state index contributed by atoms with van der Waals surface area (Å²) in [4.78, 5) is 1.15. The highest BCUT2D eigenvalue weighted by Crippen LogP contribution is 2.38. The molecule has 0 fully saturated rings. The Bertz CT molecular complexity index is 711. The average molecular weight is 269 g/mol. The highest BCUT2D eigenvalue weighted by Gasteiger charge is 2.17. The Kier molecular flexibility index (Phi) is 2.87. The van der Waals surface area contributed by atoms with Crippen LogP contribution in [0.5, 0.6) is 0 Å². The van der Waals surface area contributed by atoms with Gasteiger partial charge in [0.2, 0.25) is 0 Å². The number of aryl methyl sites for hydroxylation is 2.